The van der Waals surface area contributed by atoms with E-state index in [0.29, 0.717) is 45.9 Å². The van der Waals surface area contributed by atoms with Crippen molar-refractivity contribution in [2.75, 3.05) is 7.11 Å². The van der Waals surface area contributed by atoms with Crippen LogP contribution in [0.25, 0.3) is 0 Å². The first kappa shape index (κ1) is 38.0. The van der Waals surface area contributed by atoms with E-state index in [1.165, 1.54) is 12.7 Å². The van der Waals surface area contributed by atoms with E-state index in [9.17, 15) is 9.90 Å². The molecule has 5 rings (SSSR count). The van der Waals surface area contributed by atoms with E-state index in [1.807, 2.05) is 0 Å². The highest BCUT2D eigenvalue weighted by molar-refractivity contribution is 6.77. The maximum absolute atomic E-state index is 14.0. The molecule has 0 aromatic heterocycles. The standard InChI is InChI=1S/C40H68O6Si2/c1-21(2)48(22(3)4,23(5)6)46-35-26(9)37(45-47(15,16)39(10,11)12)32-28(35)19-24(7)27-20-29-33(31(27)32)34(38(42)43-14)36-25(8)30(41)17-18-40(29,13)44-36/h19,21-23,26-33,35,37,41H,8,17-18,20H2,1-7,9-16H3/t26-,27-,28+,29+,30?,31-,32-,33+,35-,37+,40-/m0/s1. The van der Waals surface area contributed by atoms with Crippen molar-refractivity contribution in [2.45, 2.75) is 161 Å². The third-order valence-electron chi connectivity index (χ3n) is 14.5. The molecule has 1 unspecified atom stereocenters. The molecule has 6 nitrogen and oxygen atoms in total. The van der Waals surface area contributed by atoms with Crippen LogP contribution >= 0.6 is 0 Å². The largest absolute Gasteiger partial charge is 0.486 e. The molecule has 2 aliphatic heterocycles. The minimum absolute atomic E-state index is 0.00467. The molecule has 272 valence electrons. The zero-order valence-electron chi connectivity index (χ0n) is 32.9. The number of rotatable bonds is 8. The molecule has 48 heavy (non-hydrogen) atoms. The number of hydrogen-bond donors (Lipinski definition) is 1. The van der Waals surface area contributed by atoms with Gasteiger partial charge in [0.15, 0.2) is 8.32 Å². The summed E-state index contributed by atoms with van der Waals surface area (Å²) < 4.78 is 27.8. The topological polar surface area (TPSA) is 74.2 Å². The Balaban J connectivity index is 1.73. The number of aliphatic hydroxyl groups is 1. The van der Waals surface area contributed by atoms with Gasteiger partial charge in [-0.1, -0.05) is 87.5 Å². The molecule has 1 saturated heterocycles. The van der Waals surface area contributed by atoms with Gasteiger partial charge in [0.1, 0.15) is 11.4 Å². The minimum atomic E-state index is -2.23. The van der Waals surface area contributed by atoms with Crippen LogP contribution < -0.4 is 0 Å². The van der Waals surface area contributed by atoms with Crippen molar-refractivity contribution in [3.63, 3.8) is 0 Å². The quantitative estimate of drug-likeness (QED) is 0.155. The number of aliphatic hydroxyl groups excluding tert-OH is 1. The summed E-state index contributed by atoms with van der Waals surface area (Å²) >= 11 is 0. The molecule has 0 spiro atoms. The second kappa shape index (κ2) is 12.8. The minimum Gasteiger partial charge on any atom is -0.486 e. The maximum atomic E-state index is 14.0. The lowest BCUT2D eigenvalue weighted by Crippen LogP contribution is -2.52. The third-order valence-corrected chi connectivity index (χ3v) is 25.1. The van der Waals surface area contributed by atoms with Crippen molar-refractivity contribution in [2.24, 2.45) is 41.4 Å². The van der Waals surface area contributed by atoms with Crippen LogP contribution in [0.15, 0.2) is 35.1 Å². The second-order valence-electron chi connectivity index (χ2n) is 18.9. The monoisotopic (exact) mass is 700 g/mol. The number of esters is 1. The Morgan fingerprint density at radius 1 is 1.04 bits per heavy atom. The highest BCUT2D eigenvalue weighted by Gasteiger charge is 2.67. The van der Waals surface area contributed by atoms with E-state index < -0.39 is 28.3 Å². The molecule has 0 aromatic carbocycles. The smallest absolute Gasteiger partial charge is 0.337 e. The molecule has 0 radical (unpaired) electrons. The molecule has 0 amide bonds. The van der Waals surface area contributed by atoms with E-state index in [0.717, 1.165) is 12.8 Å². The highest BCUT2D eigenvalue weighted by atomic mass is 28.4. The van der Waals surface area contributed by atoms with Crippen molar-refractivity contribution in [3.8, 4) is 0 Å². The Kier molecular flexibility index (Phi) is 10.1. The summed E-state index contributed by atoms with van der Waals surface area (Å²) in [4.78, 5) is 14.0. The molecule has 2 heterocycles. The predicted octanol–water partition coefficient (Wildman–Crippen LogP) is 9.57. The van der Waals surface area contributed by atoms with Gasteiger partial charge in [-0.3, -0.25) is 0 Å². The van der Waals surface area contributed by atoms with Gasteiger partial charge >= 0.3 is 5.97 Å². The second-order valence-corrected chi connectivity index (χ2v) is 29.1. The lowest BCUT2D eigenvalue weighted by Gasteiger charge is -2.49. The van der Waals surface area contributed by atoms with Crippen LogP contribution in [0.4, 0.5) is 0 Å². The van der Waals surface area contributed by atoms with Gasteiger partial charge in [-0.2, -0.15) is 0 Å². The van der Waals surface area contributed by atoms with Crippen LogP contribution in [0.1, 0.15) is 102 Å². The highest BCUT2D eigenvalue weighted by Crippen LogP contribution is 2.67. The van der Waals surface area contributed by atoms with E-state index in [1.54, 1.807) is 0 Å². The Morgan fingerprint density at radius 3 is 2.15 bits per heavy atom. The van der Waals surface area contributed by atoms with Crippen LogP contribution in [-0.4, -0.2) is 58.7 Å². The fraction of sp³-hybridized carbons (Fsp3) is 0.825. The van der Waals surface area contributed by atoms with Crippen molar-refractivity contribution < 1.29 is 28.2 Å². The number of fused-ring (bicyclic) bond motifs is 8. The molecule has 2 saturated carbocycles. The molecule has 1 N–H and O–H groups in total. The first-order valence-corrected chi connectivity index (χ1v) is 24.0. The molecule has 2 bridgehead atoms. The lowest BCUT2D eigenvalue weighted by molar-refractivity contribution is -0.140. The van der Waals surface area contributed by atoms with Crippen LogP contribution in [0.3, 0.4) is 0 Å². The van der Waals surface area contributed by atoms with Gasteiger partial charge in [0.25, 0.3) is 0 Å². The van der Waals surface area contributed by atoms with Crippen LogP contribution in [0.5, 0.6) is 0 Å². The molecule has 3 fully saturated rings. The summed E-state index contributed by atoms with van der Waals surface area (Å²) in [6.07, 6.45) is 4.13. The van der Waals surface area contributed by atoms with Gasteiger partial charge in [0.2, 0.25) is 8.32 Å². The van der Waals surface area contributed by atoms with E-state index in [4.69, 9.17) is 18.3 Å². The van der Waals surface area contributed by atoms with E-state index in [-0.39, 0.29) is 58.7 Å². The Bertz CT molecular complexity index is 1320. The number of carbonyl (C=O) groups excluding carboxylic acids is 1. The first-order valence-electron chi connectivity index (χ1n) is 19.0. The summed E-state index contributed by atoms with van der Waals surface area (Å²) in [5, 5.41) is 11.2. The fourth-order valence-electron chi connectivity index (χ4n) is 11.2. The van der Waals surface area contributed by atoms with Crippen molar-refractivity contribution >= 4 is 22.6 Å². The Hall–Kier alpha value is -1.20. The summed E-state index contributed by atoms with van der Waals surface area (Å²) in [6.45, 7) is 37.3. The summed E-state index contributed by atoms with van der Waals surface area (Å²) in [7, 11) is -2.96. The van der Waals surface area contributed by atoms with E-state index in [2.05, 4.69) is 109 Å². The molecule has 0 aromatic rings. The lowest BCUT2D eigenvalue weighted by atomic mass is 9.63. The third kappa shape index (κ3) is 5.70. The molecule has 5 aliphatic rings. The fourth-order valence-corrected chi connectivity index (χ4v) is 18.2. The Labute approximate surface area is 294 Å². The molecule has 11 atom stereocenters. The zero-order chi connectivity index (χ0) is 36.0. The van der Waals surface area contributed by atoms with Gasteiger partial charge in [-0.15, -0.1) is 0 Å². The summed E-state index contributed by atoms with van der Waals surface area (Å²) in [6, 6.07) is 0. The SMILES string of the molecule is C=C1C2=C(C(=O)OC)[C@H]3[C@@H]4[C@@H]5[C@@H](C=C(C)[C@@H]4C[C@H]3[C@](C)(CCC1O)O2)[C@@H](O[Si](C(C)C)(C(C)C)C(C)C)[C@H](C)[C@H]5O[Si](C)(C)C(C)(C)C. The molecule has 8 heteroatoms. The summed E-state index contributed by atoms with van der Waals surface area (Å²) in [5.74, 6) is 1.20. The van der Waals surface area contributed by atoms with Crippen LogP contribution in [0.2, 0.25) is 34.8 Å². The number of hydrogen-bond acceptors (Lipinski definition) is 6. The number of allylic oxidation sites excluding steroid dienone is 1. The van der Waals surface area contributed by atoms with Crippen molar-refractivity contribution in [3.05, 3.63) is 35.1 Å². The predicted molar refractivity (Wildman–Crippen MR) is 199 cm³/mol. The Morgan fingerprint density at radius 2 is 1.62 bits per heavy atom. The maximum Gasteiger partial charge on any atom is 0.337 e. The van der Waals surface area contributed by atoms with Crippen LogP contribution in [0, 0.1) is 41.4 Å². The van der Waals surface area contributed by atoms with Crippen LogP contribution in [-0.2, 0) is 23.1 Å². The molecular weight excluding hydrogens is 633 g/mol. The average Bonchev–Trinajstić information content (AvgIpc) is 3.46. The molecule has 3 aliphatic carbocycles. The average molecular weight is 701 g/mol. The van der Waals surface area contributed by atoms with Gasteiger partial charge in [0.05, 0.1) is 31.0 Å². The van der Waals surface area contributed by atoms with Gasteiger partial charge in [-0.05, 0) is 85.6 Å². The first-order chi connectivity index (χ1) is 22.1. The number of carbonyl (C=O) groups is 1. The summed E-state index contributed by atoms with van der Waals surface area (Å²) in [5.41, 5.74) is 3.45. The van der Waals surface area contributed by atoms with Gasteiger partial charge in [0, 0.05) is 29.2 Å². The normalized spacial score (nSPS) is 38.5. The van der Waals surface area contributed by atoms with E-state index >= 15 is 0 Å². The molecular formula is C40H68O6Si2. The number of ether oxygens (including phenoxy) is 2. The van der Waals surface area contributed by atoms with Gasteiger partial charge < -0.3 is 23.4 Å². The van der Waals surface area contributed by atoms with Crippen molar-refractivity contribution in [1.82, 2.24) is 0 Å². The van der Waals surface area contributed by atoms with Gasteiger partial charge in [-0.25, -0.2) is 4.79 Å². The van der Waals surface area contributed by atoms with Crippen molar-refractivity contribution in [1.29, 1.82) is 0 Å². The zero-order valence-corrected chi connectivity index (χ0v) is 34.9. The number of methoxy groups -OCH3 is 1.